The second-order valence-electron chi connectivity index (χ2n) is 6.25. The average Bonchev–Trinajstić information content (AvgIpc) is 3.25. The van der Waals surface area contributed by atoms with Gasteiger partial charge in [0.05, 0.1) is 15.7 Å². The minimum absolute atomic E-state index is 0. The van der Waals surface area contributed by atoms with Crippen LogP contribution in [0.5, 0.6) is 0 Å². The van der Waals surface area contributed by atoms with Crippen molar-refractivity contribution in [1.82, 2.24) is 20.6 Å². The van der Waals surface area contributed by atoms with Gasteiger partial charge >= 0.3 is 0 Å². The van der Waals surface area contributed by atoms with Crippen LogP contribution >= 0.6 is 46.9 Å². The first-order valence-electron chi connectivity index (χ1n) is 8.97. The molecule has 0 saturated carbocycles. The number of aryl methyl sites for hydroxylation is 1. The summed E-state index contributed by atoms with van der Waals surface area (Å²) in [6.07, 6.45) is 3.68. The van der Waals surface area contributed by atoms with Crippen LogP contribution < -0.4 is 15.5 Å². The number of thiazole rings is 1. The summed E-state index contributed by atoms with van der Waals surface area (Å²) in [6, 6.07) is 4.07. The van der Waals surface area contributed by atoms with E-state index in [9.17, 15) is 0 Å². The largest absolute Gasteiger partial charge is 0.357 e. The van der Waals surface area contributed by atoms with Gasteiger partial charge in [0.15, 0.2) is 5.96 Å². The third-order valence-corrected chi connectivity index (χ3v) is 5.33. The highest BCUT2D eigenvalue weighted by atomic mass is 127. The van der Waals surface area contributed by atoms with Gasteiger partial charge in [0.25, 0.3) is 0 Å². The van der Waals surface area contributed by atoms with Gasteiger partial charge in [-0.05, 0) is 32.4 Å². The van der Waals surface area contributed by atoms with E-state index in [1.54, 1.807) is 17.5 Å². The van der Waals surface area contributed by atoms with E-state index in [2.05, 4.69) is 37.8 Å². The number of nitrogens with zero attached hydrogens (tertiary/aromatic N) is 4. The molecule has 2 N–H and O–H groups in total. The molecule has 2 aromatic rings. The van der Waals surface area contributed by atoms with Gasteiger partial charge in [-0.15, -0.1) is 35.3 Å². The van der Waals surface area contributed by atoms with E-state index >= 15 is 0 Å². The maximum absolute atomic E-state index is 6.27. The molecule has 0 bridgehead atoms. The van der Waals surface area contributed by atoms with Crippen LogP contribution in [0.4, 0.5) is 5.82 Å². The Morgan fingerprint density at radius 2 is 2.33 bits per heavy atom. The predicted molar refractivity (Wildman–Crippen MR) is 125 cm³/mol. The van der Waals surface area contributed by atoms with Gasteiger partial charge in [0.2, 0.25) is 0 Å². The predicted octanol–water partition coefficient (Wildman–Crippen LogP) is 3.49. The number of aromatic nitrogens is 2. The molecule has 0 aromatic carbocycles. The van der Waals surface area contributed by atoms with Gasteiger partial charge in [0, 0.05) is 50.2 Å². The summed E-state index contributed by atoms with van der Waals surface area (Å²) in [6.45, 7) is 7.47. The van der Waals surface area contributed by atoms with E-state index in [0.717, 1.165) is 61.5 Å². The fourth-order valence-corrected chi connectivity index (χ4v) is 3.89. The first-order chi connectivity index (χ1) is 12.7. The van der Waals surface area contributed by atoms with Gasteiger partial charge in [-0.1, -0.05) is 11.6 Å². The van der Waals surface area contributed by atoms with Gasteiger partial charge in [-0.3, -0.25) is 4.99 Å². The molecule has 1 saturated heterocycles. The lowest BCUT2D eigenvalue weighted by Gasteiger charge is -2.20. The zero-order chi connectivity index (χ0) is 18.4. The number of hydrogen-bond acceptors (Lipinski definition) is 5. The van der Waals surface area contributed by atoms with E-state index < -0.39 is 0 Å². The number of hydrogen-bond donors (Lipinski definition) is 2. The SMILES string of the molecule is CCNC(=NCCc1csc(C)n1)NC1CCN(c2ncccc2Cl)C1.I. The lowest BCUT2D eigenvalue weighted by molar-refractivity contribution is 0.648. The fraction of sp³-hybridized carbons (Fsp3) is 0.500. The Hall–Kier alpha value is -1.13. The molecular weight excluding hydrogens is 495 g/mol. The van der Waals surface area contributed by atoms with Crippen LogP contribution in [0.2, 0.25) is 5.02 Å². The van der Waals surface area contributed by atoms with Crippen LogP contribution in [0, 0.1) is 6.92 Å². The molecule has 2 aromatic heterocycles. The Balaban J connectivity index is 0.00000261. The van der Waals surface area contributed by atoms with E-state index in [-0.39, 0.29) is 24.0 Å². The van der Waals surface area contributed by atoms with Crippen LogP contribution in [0.15, 0.2) is 28.7 Å². The summed E-state index contributed by atoms with van der Waals surface area (Å²) < 4.78 is 0. The minimum atomic E-state index is 0. The van der Waals surface area contributed by atoms with Crippen molar-refractivity contribution in [2.24, 2.45) is 4.99 Å². The molecule has 0 radical (unpaired) electrons. The molecule has 0 amide bonds. The van der Waals surface area contributed by atoms with Crippen LogP contribution in [0.25, 0.3) is 0 Å². The number of guanidine groups is 1. The van der Waals surface area contributed by atoms with Crippen molar-refractivity contribution < 1.29 is 0 Å². The summed E-state index contributed by atoms with van der Waals surface area (Å²) in [7, 11) is 0. The van der Waals surface area contributed by atoms with Crippen molar-refractivity contribution in [3.8, 4) is 0 Å². The number of halogens is 2. The Kier molecular flexibility index (Phi) is 9.04. The summed E-state index contributed by atoms with van der Waals surface area (Å²) in [5.41, 5.74) is 1.11. The second-order valence-corrected chi connectivity index (χ2v) is 7.72. The van der Waals surface area contributed by atoms with Crippen molar-refractivity contribution in [2.45, 2.75) is 32.7 Å². The molecule has 3 heterocycles. The highest BCUT2D eigenvalue weighted by Gasteiger charge is 2.25. The highest BCUT2D eigenvalue weighted by molar-refractivity contribution is 14.0. The summed E-state index contributed by atoms with van der Waals surface area (Å²) in [5.74, 6) is 1.72. The molecule has 0 aliphatic carbocycles. The third kappa shape index (κ3) is 6.46. The molecule has 1 aliphatic heterocycles. The Morgan fingerprint density at radius 1 is 1.48 bits per heavy atom. The lowest BCUT2D eigenvalue weighted by Crippen LogP contribution is -2.44. The van der Waals surface area contributed by atoms with Crippen LogP contribution in [-0.2, 0) is 6.42 Å². The molecular formula is C18H26ClIN6S. The Bertz CT molecular complexity index is 753. The van der Waals surface area contributed by atoms with E-state index in [1.807, 2.05) is 19.1 Å². The highest BCUT2D eigenvalue weighted by Crippen LogP contribution is 2.25. The topological polar surface area (TPSA) is 65.4 Å². The van der Waals surface area contributed by atoms with Gasteiger partial charge in [-0.2, -0.15) is 0 Å². The molecule has 1 aliphatic rings. The molecule has 0 spiro atoms. The van der Waals surface area contributed by atoms with Crippen molar-refractivity contribution in [3.05, 3.63) is 39.4 Å². The fourth-order valence-electron chi connectivity index (χ4n) is 3.00. The molecule has 6 nitrogen and oxygen atoms in total. The quantitative estimate of drug-likeness (QED) is 0.347. The number of rotatable bonds is 6. The summed E-state index contributed by atoms with van der Waals surface area (Å²) in [4.78, 5) is 15.8. The van der Waals surface area contributed by atoms with E-state index in [4.69, 9.17) is 16.6 Å². The number of nitrogens with one attached hydrogen (secondary N) is 2. The van der Waals surface area contributed by atoms with Crippen molar-refractivity contribution in [2.75, 3.05) is 31.1 Å². The third-order valence-electron chi connectivity index (χ3n) is 4.22. The second kappa shape index (κ2) is 11.0. The lowest BCUT2D eigenvalue weighted by atomic mass is 10.3. The first-order valence-corrected chi connectivity index (χ1v) is 10.2. The Morgan fingerprint density at radius 3 is 3.04 bits per heavy atom. The van der Waals surface area contributed by atoms with E-state index in [1.165, 1.54) is 0 Å². The molecule has 27 heavy (non-hydrogen) atoms. The number of pyridine rings is 1. The summed E-state index contributed by atoms with van der Waals surface area (Å²) in [5, 5.41) is 10.8. The smallest absolute Gasteiger partial charge is 0.191 e. The van der Waals surface area contributed by atoms with Crippen LogP contribution in [0.3, 0.4) is 0 Å². The zero-order valence-corrected chi connectivity index (χ0v) is 19.5. The maximum Gasteiger partial charge on any atom is 0.191 e. The van der Waals surface area contributed by atoms with Crippen molar-refractivity contribution >= 4 is 58.7 Å². The van der Waals surface area contributed by atoms with Crippen LogP contribution in [0.1, 0.15) is 24.0 Å². The zero-order valence-electron chi connectivity index (χ0n) is 15.6. The number of aliphatic imine (C=N–C) groups is 1. The van der Waals surface area contributed by atoms with Crippen molar-refractivity contribution in [3.63, 3.8) is 0 Å². The standard InChI is InChI=1S/C18H25ClN6S.HI/c1-3-20-18(22-9-6-15-12-26-13(2)23-15)24-14-7-10-25(11-14)17-16(19)5-4-8-21-17;/h4-5,8,12,14H,3,6-7,9-11H2,1-2H3,(H2,20,22,24);1H. The summed E-state index contributed by atoms with van der Waals surface area (Å²) >= 11 is 7.96. The minimum Gasteiger partial charge on any atom is -0.357 e. The monoisotopic (exact) mass is 520 g/mol. The van der Waals surface area contributed by atoms with Crippen molar-refractivity contribution in [1.29, 1.82) is 0 Å². The molecule has 148 valence electrons. The van der Waals surface area contributed by atoms with E-state index in [0.29, 0.717) is 11.1 Å². The first kappa shape index (κ1) is 22.2. The van der Waals surface area contributed by atoms with Gasteiger partial charge < -0.3 is 15.5 Å². The molecule has 1 fully saturated rings. The molecule has 9 heteroatoms. The van der Waals surface area contributed by atoms with Crippen LogP contribution in [-0.4, -0.2) is 48.1 Å². The molecule has 1 unspecified atom stereocenters. The molecule has 3 rings (SSSR count). The maximum atomic E-state index is 6.27. The Labute approximate surface area is 186 Å². The average molecular weight is 521 g/mol. The van der Waals surface area contributed by atoms with Gasteiger partial charge in [-0.25, -0.2) is 9.97 Å². The van der Waals surface area contributed by atoms with Gasteiger partial charge in [0.1, 0.15) is 5.82 Å². The number of anilines is 1. The normalized spacial score (nSPS) is 16.9. The molecule has 1 atom stereocenters.